The molecule has 1 aliphatic carbocycles. The molecular weight excluding hydrogens is 259 g/mol. The summed E-state index contributed by atoms with van der Waals surface area (Å²) in [6.45, 7) is 2.35. The van der Waals surface area contributed by atoms with Gasteiger partial charge in [0, 0.05) is 11.1 Å². The smallest absolute Gasteiger partial charge is 0.265 e. The first-order chi connectivity index (χ1) is 9.61. The van der Waals surface area contributed by atoms with Crippen molar-refractivity contribution in [3.8, 4) is 0 Å². The maximum Gasteiger partial charge on any atom is 0.265 e. The van der Waals surface area contributed by atoms with E-state index in [1.54, 1.807) is 0 Å². The van der Waals surface area contributed by atoms with Crippen LogP contribution < -0.4 is 11.3 Å². The molecule has 1 amide bonds. The van der Waals surface area contributed by atoms with Crippen LogP contribution >= 0.6 is 0 Å². The summed E-state index contributed by atoms with van der Waals surface area (Å²) in [6, 6.07) is 4.17. The van der Waals surface area contributed by atoms with Crippen molar-refractivity contribution in [3.63, 3.8) is 0 Å². The molecule has 0 radical (unpaired) electrons. The zero-order valence-electron chi connectivity index (χ0n) is 11.7. The number of hydrazine groups is 1. The Bertz CT molecular complexity index is 479. The lowest BCUT2D eigenvalue weighted by Crippen LogP contribution is -2.30. The molecule has 3 N–H and O–H groups in total. The molecule has 2 atom stereocenters. The van der Waals surface area contributed by atoms with Gasteiger partial charge in [-0.25, -0.2) is 10.2 Å². The molecule has 1 aromatic rings. The summed E-state index contributed by atoms with van der Waals surface area (Å²) in [5.74, 6) is 4.79. The molecular formula is C15H21FN2O2. The number of benzene rings is 1. The van der Waals surface area contributed by atoms with E-state index in [2.05, 4.69) is 6.92 Å². The summed E-state index contributed by atoms with van der Waals surface area (Å²) in [4.78, 5) is 11.4. The number of carbonyl (C=O) groups is 1. The molecule has 0 bridgehead atoms. The highest BCUT2D eigenvalue weighted by molar-refractivity contribution is 5.93. The fraction of sp³-hybridized carbons (Fsp3) is 0.533. The van der Waals surface area contributed by atoms with Crippen LogP contribution in [0.3, 0.4) is 0 Å². The molecule has 2 rings (SSSR count). The molecule has 1 aromatic carbocycles. The Morgan fingerprint density at radius 2 is 2.20 bits per heavy atom. The molecule has 110 valence electrons. The third-order valence-corrected chi connectivity index (χ3v) is 3.92. The molecule has 0 heterocycles. The summed E-state index contributed by atoms with van der Waals surface area (Å²) >= 11 is 0. The van der Waals surface area contributed by atoms with E-state index < -0.39 is 5.91 Å². The van der Waals surface area contributed by atoms with Gasteiger partial charge in [0.25, 0.3) is 5.91 Å². The van der Waals surface area contributed by atoms with Crippen LogP contribution in [0.4, 0.5) is 4.39 Å². The summed E-state index contributed by atoms with van der Waals surface area (Å²) in [6.07, 6.45) is 4.75. The molecule has 0 spiro atoms. The minimum absolute atomic E-state index is 0.176. The van der Waals surface area contributed by atoms with Crippen molar-refractivity contribution in [2.45, 2.75) is 45.3 Å². The number of nitrogen functional groups attached to an aromatic ring is 1. The standard InChI is InChI=1S/C15H21FN2O2/c1-10-4-2-3-5-14(10)20-9-12-8-11(15(19)18-17)6-7-13(12)16/h6-8,10,14H,2-5,9,17H2,1H3,(H,18,19). The van der Waals surface area contributed by atoms with E-state index in [4.69, 9.17) is 10.6 Å². The van der Waals surface area contributed by atoms with Gasteiger partial charge in [0.1, 0.15) is 5.82 Å². The van der Waals surface area contributed by atoms with Crippen molar-refractivity contribution in [3.05, 3.63) is 35.1 Å². The van der Waals surface area contributed by atoms with Crippen molar-refractivity contribution < 1.29 is 13.9 Å². The third kappa shape index (κ3) is 3.55. The van der Waals surface area contributed by atoms with Gasteiger partial charge in [-0.3, -0.25) is 10.2 Å². The molecule has 2 unspecified atom stereocenters. The number of nitrogens with two attached hydrogens (primary N) is 1. The fourth-order valence-electron chi connectivity index (χ4n) is 2.64. The number of ether oxygens (including phenoxy) is 1. The number of hydrogen-bond donors (Lipinski definition) is 2. The molecule has 1 aliphatic rings. The average molecular weight is 280 g/mol. The SMILES string of the molecule is CC1CCCCC1OCc1cc(C(=O)NN)ccc1F. The van der Waals surface area contributed by atoms with Crippen LogP contribution in [0.1, 0.15) is 48.5 Å². The zero-order valence-corrected chi connectivity index (χ0v) is 11.7. The van der Waals surface area contributed by atoms with Crippen LogP contribution in [-0.2, 0) is 11.3 Å². The van der Waals surface area contributed by atoms with Crippen LogP contribution in [-0.4, -0.2) is 12.0 Å². The van der Waals surface area contributed by atoms with Gasteiger partial charge in [-0.15, -0.1) is 0 Å². The van der Waals surface area contributed by atoms with Gasteiger partial charge >= 0.3 is 0 Å². The lowest BCUT2D eigenvalue weighted by Gasteiger charge is -2.28. The van der Waals surface area contributed by atoms with E-state index in [0.717, 1.165) is 19.3 Å². The summed E-state index contributed by atoms with van der Waals surface area (Å²) in [5.41, 5.74) is 2.77. The van der Waals surface area contributed by atoms with Crippen molar-refractivity contribution in [2.24, 2.45) is 11.8 Å². The first kappa shape index (κ1) is 14.9. The molecule has 20 heavy (non-hydrogen) atoms. The number of amides is 1. The minimum Gasteiger partial charge on any atom is -0.373 e. The quantitative estimate of drug-likeness (QED) is 0.506. The number of hydrogen-bond acceptors (Lipinski definition) is 3. The van der Waals surface area contributed by atoms with Gasteiger partial charge < -0.3 is 4.74 Å². The average Bonchev–Trinajstić information content (AvgIpc) is 2.47. The van der Waals surface area contributed by atoms with Crippen molar-refractivity contribution in [2.75, 3.05) is 0 Å². The number of rotatable bonds is 4. The first-order valence-electron chi connectivity index (χ1n) is 7.02. The van der Waals surface area contributed by atoms with Crippen LogP contribution in [0.5, 0.6) is 0 Å². The highest BCUT2D eigenvalue weighted by atomic mass is 19.1. The minimum atomic E-state index is -0.433. The molecule has 1 fully saturated rings. The normalized spacial score (nSPS) is 22.6. The Kier molecular flexibility index (Phi) is 5.09. The molecule has 4 nitrogen and oxygen atoms in total. The van der Waals surface area contributed by atoms with Crippen LogP contribution in [0.2, 0.25) is 0 Å². The maximum atomic E-state index is 13.7. The van der Waals surface area contributed by atoms with E-state index in [0.29, 0.717) is 17.0 Å². The van der Waals surface area contributed by atoms with Gasteiger partial charge in [-0.2, -0.15) is 0 Å². The second kappa shape index (κ2) is 6.81. The van der Waals surface area contributed by atoms with Gasteiger partial charge in [0.2, 0.25) is 0 Å². The van der Waals surface area contributed by atoms with Gasteiger partial charge in [0.15, 0.2) is 0 Å². The Labute approximate surface area is 118 Å². The van der Waals surface area contributed by atoms with Gasteiger partial charge in [-0.1, -0.05) is 19.8 Å². The second-order valence-corrected chi connectivity index (χ2v) is 5.39. The predicted octanol–water partition coefficient (Wildman–Crippen LogP) is 2.52. The number of halogens is 1. The monoisotopic (exact) mass is 280 g/mol. The van der Waals surface area contributed by atoms with E-state index in [-0.39, 0.29) is 18.5 Å². The van der Waals surface area contributed by atoms with Crippen molar-refractivity contribution in [1.82, 2.24) is 5.43 Å². The summed E-state index contributed by atoms with van der Waals surface area (Å²) < 4.78 is 19.6. The predicted molar refractivity (Wildman–Crippen MR) is 74.3 cm³/mol. The zero-order chi connectivity index (χ0) is 14.5. The molecule has 0 aromatic heterocycles. The summed E-state index contributed by atoms with van der Waals surface area (Å²) in [7, 11) is 0. The van der Waals surface area contributed by atoms with Crippen molar-refractivity contribution >= 4 is 5.91 Å². The molecule has 0 saturated heterocycles. The highest BCUT2D eigenvalue weighted by Gasteiger charge is 2.22. The third-order valence-electron chi connectivity index (χ3n) is 3.92. The van der Waals surface area contributed by atoms with Gasteiger partial charge in [-0.05, 0) is 37.0 Å². The second-order valence-electron chi connectivity index (χ2n) is 5.39. The van der Waals surface area contributed by atoms with E-state index >= 15 is 0 Å². The lowest BCUT2D eigenvalue weighted by molar-refractivity contribution is -0.0164. The van der Waals surface area contributed by atoms with Crippen LogP contribution in [0, 0.1) is 11.7 Å². The summed E-state index contributed by atoms with van der Waals surface area (Å²) in [5, 5.41) is 0. The Morgan fingerprint density at radius 1 is 1.45 bits per heavy atom. The van der Waals surface area contributed by atoms with Crippen LogP contribution in [0.25, 0.3) is 0 Å². The highest BCUT2D eigenvalue weighted by Crippen LogP contribution is 2.27. The topological polar surface area (TPSA) is 64.3 Å². The van der Waals surface area contributed by atoms with E-state index in [1.807, 2.05) is 5.43 Å². The van der Waals surface area contributed by atoms with Crippen molar-refractivity contribution in [1.29, 1.82) is 0 Å². The number of carbonyl (C=O) groups excluding carboxylic acids is 1. The first-order valence-corrected chi connectivity index (χ1v) is 7.02. The Hall–Kier alpha value is -1.46. The lowest BCUT2D eigenvalue weighted by atomic mass is 9.88. The molecule has 0 aliphatic heterocycles. The van der Waals surface area contributed by atoms with Gasteiger partial charge in [0.05, 0.1) is 12.7 Å². The molecule has 5 heteroatoms. The Morgan fingerprint density at radius 3 is 2.90 bits per heavy atom. The number of nitrogens with one attached hydrogen (secondary N) is 1. The fourth-order valence-corrected chi connectivity index (χ4v) is 2.64. The largest absolute Gasteiger partial charge is 0.373 e. The molecule has 1 saturated carbocycles. The Balaban J connectivity index is 2.02. The van der Waals surface area contributed by atoms with Crippen LogP contribution in [0.15, 0.2) is 18.2 Å². The van der Waals surface area contributed by atoms with E-state index in [9.17, 15) is 9.18 Å². The maximum absolute atomic E-state index is 13.7. The van der Waals surface area contributed by atoms with E-state index in [1.165, 1.54) is 24.6 Å².